The maximum atomic E-state index is 10.5. The number of nitrogens with one attached hydrogen (secondary N) is 1. The Bertz CT molecular complexity index is 989. The minimum absolute atomic E-state index is 0.0907. The van der Waals surface area contributed by atoms with Gasteiger partial charge in [0, 0.05) is 24.8 Å². The van der Waals surface area contributed by atoms with E-state index in [4.69, 9.17) is 26.0 Å². The van der Waals surface area contributed by atoms with E-state index < -0.39 is 5.97 Å². The largest absolute Gasteiger partial charge is 0.481 e. The number of aliphatic carboxylic acids is 1. The molecule has 0 atom stereocenters. The Balaban J connectivity index is 1.64. The highest BCUT2D eigenvalue weighted by Gasteiger charge is 2.14. The third-order valence-electron chi connectivity index (χ3n) is 4.09. The highest BCUT2D eigenvalue weighted by atomic mass is 35.5. The number of benzene rings is 1. The van der Waals surface area contributed by atoms with Crippen LogP contribution in [-0.2, 0) is 11.3 Å². The molecule has 2 heterocycles. The highest BCUT2D eigenvalue weighted by molar-refractivity contribution is 6.32. The molecule has 0 saturated carbocycles. The van der Waals surface area contributed by atoms with Crippen molar-refractivity contribution in [2.45, 2.75) is 26.8 Å². The first-order valence-electron chi connectivity index (χ1n) is 9.56. The number of rotatable bonds is 10. The van der Waals surface area contributed by atoms with Gasteiger partial charge in [-0.05, 0) is 17.5 Å². The summed E-state index contributed by atoms with van der Waals surface area (Å²) < 4.78 is 10.9. The SMILES string of the molecule is CC(C)COc1ncc(-c2nc(-c3ccc(CNCCC(=O)O)cc3)no2)cc1Cl. The van der Waals surface area contributed by atoms with Crippen molar-refractivity contribution in [3.8, 4) is 28.7 Å². The van der Waals surface area contributed by atoms with Gasteiger partial charge in [-0.25, -0.2) is 4.98 Å². The summed E-state index contributed by atoms with van der Waals surface area (Å²) in [5.74, 6) is 0.690. The van der Waals surface area contributed by atoms with Crippen LogP contribution in [0.3, 0.4) is 0 Å². The Kier molecular flexibility index (Phi) is 7.37. The molecule has 0 spiro atoms. The van der Waals surface area contributed by atoms with Crippen LogP contribution in [-0.4, -0.2) is 39.4 Å². The minimum atomic E-state index is -0.819. The number of hydrogen-bond acceptors (Lipinski definition) is 7. The quantitative estimate of drug-likeness (QED) is 0.463. The van der Waals surface area contributed by atoms with Gasteiger partial charge in [-0.3, -0.25) is 4.79 Å². The maximum Gasteiger partial charge on any atom is 0.304 e. The molecule has 0 saturated heterocycles. The van der Waals surface area contributed by atoms with Crippen molar-refractivity contribution >= 4 is 17.6 Å². The summed E-state index contributed by atoms with van der Waals surface area (Å²) in [6, 6.07) is 9.32. The number of carboxylic acid groups (broad SMARTS) is 1. The van der Waals surface area contributed by atoms with E-state index in [9.17, 15) is 4.79 Å². The Morgan fingerprint density at radius 1 is 1.27 bits per heavy atom. The van der Waals surface area contributed by atoms with Crippen molar-refractivity contribution in [1.29, 1.82) is 0 Å². The molecular formula is C21H23ClN4O4. The molecule has 1 aromatic carbocycles. The van der Waals surface area contributed by atoms with Crippen LogP contribution in [0, 0.1) is 5.92 Å². The summed E-state index contributed by atoms with van der Waals surface area (Å²) in [5.41, 5.74) is 2.44. The van der Waals surface area contributed by atoms with E-state index in [1.165, 1.54) is 0 Å². The van der Waals surface area contributed by atoms with E-state index in [1.807, 2.05) is 38.1 Å². The number of hydrogen-bond donors (Lipinski definition) is 2. The normalized spacial score (nSPS) is 11.1. The first-order chi connectivity index (χ1) is 14.4. The van der Waals surface area contributed by atoms with E-state index in [-0.39, 0.29) is 6.42 Å². The molecule has 2 N–H and O–H groups in total. The van der Waals surface area contributed by atoms with Crippen molar-refractivity contribution < 1.29 is 19.2 Å². The predicted molar refractivity (Wildman–Crippen MR) is 112 cm³/mol. The van der Waals surface area contributed by atoms with E-state index in [0.717, 1.165) is 11.1 Å². The second-order valence-corrected chi connectivity index (χ2v) is 7.56. The van der Waals surface area contributed by atoms with Gasteiger partial charge in [0.1, 0.15) is 5.02 Å². The van der Waals surface area contributed by atoms with Crippen molar-refractivity contribution in [1.82, 2.24) is 20.4 Å². The van der Waals surface area contributed by atoms with Crippen LogP contribution in [0.2, 0.25) is 5.02 Å². The molecule has 3 aromatic rings. The molecule has 8 nitrogen and oxygen atoms in total. The van der Waals surface area contributed by atoms with Crippen molar-refractivity contribution in [2.24, 2.45) is 5.92 Å². The number of carboxylic acids is 1. The molecule has 158 valence electrons. The maximum absolute atomic E-state index is 10.5. The third-order valence-corrected chi connectivity index (χ3v) is 4.36. The van der Waals surface area contributed by atoms with Crippen molar-refractivity contribution in [3.63, 3.8) is 0 Å². The Morgan fingerprint density at radius 3 is 2.70 bits per heavy atom. The topological polar surface area (TPSA) is 110 Å². The average molecular weight is 431 g/mol. The molecule has 0 aliphatic heterocycles. The van der Waals surface area contributed by atoms with Gasteiger partial charge >= 0.3 is 5.97 Å². The van der Waals surface area contributed by atoms with Crippen LogP contribution in [0.5, 0.6) is 5.88 Å². The van der Waals surface area contributed by atoms with Gasteiger partial charge in [0.15, 0.2) is 0 Å². The highest BCUT2D eigenvalue weighted by Crippen LogP contribution is 2.28. The van der Waals surface area contributed by atoms with Gasteiger partial charge < -0.3 is 19.7 Å². The number of pyridine rings is 1. The number of halogens is 1. The van der Waals surface area contributed by atoms with Gasteiger partial charge in [0.25, 0.3) is 5.89 Å². The molecule has 0 aliphatic carbocycles. The first-order valence-corrected chi connectivity index (χ1v) is 9.94. The number of aromatic nitrogens is 3. The zero-order valence-corrected chi connectivity index (χ0v) is 17.5. The second-order valence-electron chi connectivity index (χ2n) is 7.16. The lowest BCUT2D eigenvalue weighted by Crippen LogP contribution is -2.17. The van der Waals surface area contributed by atoms with Gasteiger partial charge in [-0.1, -0.05) is 54.9 Å². The third kappa shape index (κ3) is 6.01. The Morgan fingerprint density at radius 2 is 2.03 bits per heavy atom. The van der Waals surface area contributed by atoms with Crippen molar-refractivity contribution in [2.75, 3.05) is 13.2 Å². The summed E-state index contributed by atoms with van der Waals surface area (Å²) in [5, 5.41) is 16.1. The summed E-state index contributed by atoms with van der Waals surface area (Å²) in [6.07, 6.45) is 1.68. The fourth-order valence-corrected chi connectivity index (χ4v) is 2.77. The lowest BCUT2D eigenvalue weighted by Gasteiger charge is -2.09. The molecule has 9 heteroatoms. The molecule has 0 bridgehead atoms. The molecule has 3 rings (SSSR count). The van der Waals surface area contributed by atoms with Crippen LogP contribution in [0.4, 0.5) is 0 Å². The van der Waals surface area contributed by atoms with Gasteiger partial charge in [0.05, 0.1) is 18.6 Å². The molecule has 2 aromatic heterocycles. The second kappa shape index (κ2) is 10.2. The first kappa shape index (κ1) is 21.7. The zero-order chi connectivity index (χ0) is 21.5. The number of carbonyl (C=O) groups is 1. The lowest BCUT2D eigenvalue weighted by atomic mass is 10.1. The van der Waals surface area contributed by atoms with Crippen LogP contribution in [0.25, 0.3) is 22.8 Å². The predicted octanol–water partition coefficient (Wildman–Crippen LogP) is 4.05. The Labute approximate surface area is 179 Å². The van der Waals surface area contributed by atoms with Gasteiger partial charge in [-0.2, -0.15) is 4.98 Å². The fourth-order valence-electron chi connectivity index (χ4n) is 2.55. The molecule has 0 aliphatic rings. The van der Waals surface area contributed by atoms with E-state index >= 15 is 0 Å². The summed E-state index contributed by atoms with van der Waals surface area (Å²) >= 11 is 6.26. The summed E-state index contributed by atoms with van der Waals surface area (Å²) in [4.78, 5) is 19.2. The monoisotopic (exact) mass is 430 g/mol. The summed E-state index contributed by atoms with van der Waals surface area (Å²) in [6.45, 7) is 5.63. The van der Waals surface area contributed by atoms with Gasteiger partial charge in [0.2, 0.25) is 11.7 Å². The zero-order valence-electron chi connectivity index (χ0n) is 16.8. The molecule has 30 heavy (non-hydrogen) atoms. The summed E-state index contributed by atoms with van der Waals surface area (Å²) in [7, 11) is 0. The fraction of sp³-hybridized carbons (Fsp3) is 0.333. The average Bonchev–Trinajstić information content (AvgIpc) is 3.21. The van der Waals surface area contributed by atoms with E-state index in [0.29, 0.717) is 53.8 Å². The molecule has 0 radical (unpaired) electrons. The lowest BCUT2D eigenvalue weighted by molar-refractivity contribution is -0.136. The van der Waals surface area contributed by atoms with Crippen LogP contribution < -0.4 is 10.1 Å². The molecule has 0 unspecified atom stereocenters. The minimum Gasteiger partial charge on any atom is -0.481 e. The molecule has 0 amide bonds. The van der Waals surface area contributed by atoms with Crippen LogP contribution >= 0.6 is 11.6 Å². The molecular weight excluding hydrogens is 408 g/mol. The number of nitrogens with zero attached hydrogens (tertiary/aromatic N) is 3. The van der Waals surface area contributed by atoms with E-state index in [1.54, 1.807) is 12.3 Å². The number of ether oxygens (including phenoxy) is 1. The van der Waals surface area contributed by atoms with E-state index in [2.05, 4.69) is 20.4 Å². The van der Waals surface area contributed by atoms with Crippen molar-refractivity contribution in [3.05, 3.63) is 47.1 Å². The standard InChI is InChI=1S/C21H23ClN4O4/c1-13(2)12-29-21-17(22)9-16(11-24-21)20-25-19(26-30-20)15-5-3-14(4-6-15)10-23-8-7-18(27)28/h3-6,9,11,13,23H,7-8,10,12H2,1-2H3,(H,27,28). The van der Waals surface area contributed by atoms with Crippen LogP contribution in [0.15, 0.2) is 41.1 Å². The van der Waals surface area contributed by atoms with Gasteiger partial charge in [-0.15, -0.1) is 0 Å². The smallest absolute Gasteiger partial charge is 0.304 e. The molecule has 0 fully saturated rings. The van der Waals surface area contributed by atoms with Crippen LogP contribution in [0.1, 0.15) is 25.8 Å². The Hall–Kier alpha value is -2.97.